The van der Waals surface area contributed by atoms with Gasteiger partial charge in [0.2, 0.25) is 0 Å². The molecular formula is C23H19F3N4O4. The lowest BCUT2D eigenvalue weighted by Crippen LogP contribution is -2.41. The summed E-state index contributed by atoms with van der Waals surface area (Å²) in [6.07, 6.45) is -5.18. The molecule has 1 saturated carbocycles. The Morgan fingerprint density at radius 2 is 1.65 bits per heavy atom. The average molecular weight is 472 g/mol. The standard InChI is InChI=1S/C23H19F3N4O4/c24-23(25,26)21(33)34-20(17(27)31)30-16(14-7-3-1-4-8-14)13-28-18(19(30)32)29-22(11-12-22)15-9-5-2-6-10-15/h1-10,13,20H,11-12H2,(H2,27,31)(H,28,29). The summed E-state index contributed by atoms with van der Waals surface area (Å²) in [5.41, 5.74) is 4.89. The summed E-state index contributed by atoms with van der Waals surface area (Å²) in [6.45, 7) is 0. The van der Waals surface area contributed by atoms with Gasteiger partial charge in [-0.1, -0.05) is 60.7 Å². The lowest BCUT2D eigenvalue weighted by molar-refractivity contribution is -0.209. The van der Waals surface area contributed by atoms with Crippen molar-refractivity contribution in [3.8, 4) is 11.3 Å². The third-order valence-electron chi connectivity index (χ3n) is 5.43. The maximum absolute atomic E-state index is 13.4. The van der Waals surface area contributed by atoms with E-state index in [4.69, 9.17) is 5.73 Å². The number of alkyl halides is 3. The molecule has 1 unspecified atom stereocenters. The summed E-state index contributed by atoms with van der Waals surface area (Å²) in [5, 5.41) is 3.05. The quantitative estimate of drug-likeness (QED) is 0.511. The lowest BCUT2D eigenvalue weighted by Gasteiger charge is -2.24. The van der Waals surface area contributed by atoms with E-state index in [0.29, 0.717) is 23.0 Å². The van der Waals surface area contributed by atoms with Crippen LogP contribution in [0.15, 0.2) is 71.7 Å². The van der Waals surface area contributed by atoms with Gasteiger partial charge in [0.25, 0.3) is 17.7 Å². The molecule has 0 aliphatic heterocycles. The van der Waals surface area contributed by atoms with Gasteiger partial charge >= 0.3 is 12.1 Å². The predicted octanol–water partition coefficient (Wildman–Crippen LogP) is 3.10. The Labute approximate surface area is 191 Å². The van der Waals surface area contributed by atoms with Gasteiger partial charge in [-0.25, -0.2) is 9.78 Å². The van der Waals surface area contributed by atoms with Crippen LogP contribution >= 0.6 is 0 Å². The molecule has 0 radical (unpaired) electrons. The summed E-state index contributed by atoms with van der Waals surface area (Å²) in [4.78, 5) is 41.2. The van der Waals surface area contributed by atoms with Crippen LogP contribution < -0.4 is 16.6 Å². The number of nitrogens with zero attached hydrogens (tertiary/aromatic N) is 2. The largest absolute Gasteiger partial charge is 0.491 e. The second-order valence-electron chi connectivity index (χ2n) is 7.76. The fourth-order valence-electron chi connectivity index (χ4n) is 3.61. The molecule has 1 atom stereocenters. The second-order valence-corrected chi connectivity index (χ2v) is 7.76. The first-order chi connectivity index (χ1) is 16.1. The van der Waals surface area contributed by atoms with Crippen molar-refractivity contribution in [2.75, 3.05) is 5.32 Å². The number of amides is 1. The minimum Gasteiger partial charge on any atom is -0.425 e. The van der Waals surface area contributed by atoms with Crippen molar-refractivity contribution < 1.29 is 27.5 Å². The van der Waals surface area contributed by atoms with E-state index in [2.05, 4.69) is 15.0 Å². The van der Waals surface area contributed by atoms with Gasteiger partial charge in [-0.3, -0.25) is 14.2 Å². The summed E-state index contributed by atoms with van der Waals surface area (Å²) in [5.74, 6) is -4.34. The van der Waals surface area contributed by atoms with Crippen molar-refractivity contribution in [1.29, 1.82) is 0 Å². The normalized spacial score (nSPS) is 15.3. The highest BCUT2D eigenvalue weighted by Crippen LogP contribution is 2.47. The molecule has 1 amide bonds. The number of nitrogens with two attached hydrogens (primary N) is 1. The third-order valence-corrected chi connectivity index (χ3v) is 5.43. The van der Waals surface area contributed by atoms with Gasteiger partial charge in [0, 0.05) is 0 Å². The second kappa shape index (κ2) is 8.65. The smallest absolute Gasteiger partial charge is 0.425 e. The van der Waals surface area contributed by atoms with Crippen molar-refractivity contribution in [1.82, 2.24) is 9.55 Å². The number of primary amides is 1. The zero-order chi connectivity index (χ0) is 24.5. The van der Waals surface area contributed by atoms with Crippen LogP contribution in [0.25, 0.3) is 11.3 Å². The Morgan fingerprint density at radius 3 is 2.18 bits per heavy atom. The topological polar surface area (TPSA) is 116 Å². The Morgan fingerprint density at radius 1 is 1.06 bits per heavy atom. The number of aromatic nitrogens is 2. The molecule has 2 aromatic carbocycles. The van der Waals surface area contributed by atoms with Crippen LogP contribution in [0.5, 0.6) is 0 Å². The van der Waals surface area contributed by atoms with Gasteiger partial charge < -0.3 is 15.8 Å². The number of halogens is 3. The fourth-order valence-corrected chi connectivity index (χ4v) is 3.61. The van der Waals surface area contributed by atoms with Gasteiger partial charge in [0.05, 0.1) is 17.4 Å². The Hall–Kier alpha value is -4.15. The van der Waals surface area contributed by atoms with E-state index >= 15 is 0 Å². The zero-order valence-corrected chi connectivity index (χ0v) is 17.6. The summed E-state index contributed by atoms with van der Waals surface area (Å²) < 4.78 is 43.6. The van der Waals surface area contributed by atoms with E-state index < -0.39 is 35.4 Å². The molecule has 0 bridgehead atoms. The Balaban J connectivity index is 1.83. The Kier molecular flexibility index (Phi) is 5.86. The van der Waals surface area contributed by atoms with Crippen LogP contribution in [-0.2, 0) is 19.9 Å². The molecule has 0 spiro atoms. The monoisotopic (exact) mass is 472 g/mol. The molecule has 4 rings (SSSR count). The van der Waals surface area contributed by atoms with Gasteiger partial charge in [0.15, 0.2) is 5.82 Å². The number of carbonyl (C=O) groups is 2. The Bertz CT molecular complexity index is 1270. The first-order valence-corrected chi connectivity index (χ1v) is 10.2. The molecule has 3 N–H and O–H groups in total. The van der Waals surface area contributed by atoms with Crippen LogP contribution in [-0.4, -0.2) is 27.6 Å². The molecule has 11 heteroatoms. The highest BCUT2D eigenvalue weighted by molar-refractivity contribution is 5.83. The van der Waals surface area contributed by atoms with Gasteiger partial charge in [-0.05, 0) is 24.0 Å². The highest BCUT2D eigenvalue weighted by Gasteiger charge is 2.46. The van der Waals surface area contributed by atoms with E-state index in [9.17, 15) is 27.6 Å². The van der Waals surface area contributed by atoms with Crippen LogP contribution in [0.1, 0.15) is 24.6 Å². The van der Waals surface area contributed by atoms with E-state index in [0.717, 1.165) is 5.56 Å². The SMILES string of the molecule is NC(=O)C(OC(=O)C(F)(F)F)n1c(-c2ccccc2)cnc(NC2(c3ccccc3)CC2)c1=O. The van der Waals surface area contributed by atoms with E-state index in [1.54, 1.807) is 30.3 Å². The van der Waals surface area contributed by atoms with E-state index in [1.807, 2.05) is 30.3 Å². The van der Waals surface area contributed by atoms with Crippen molar-refractivity contribution in [3.05, 3.63) is 82.8 Å². The first-order valence-electron chi connectivity index (χ1n) is 10.2. The molecule has 1 heterocycles. The molecule has 1 fully saturated rings. The number of esters is 1. The molecule has 34 heavy (non-hydrogen) atoms. The van der Waals surface area contributed by atoms with E-state index in [-0.39, 0.29) is 11.5 Å². The number of benzene rings is 2. The summed E-state index contributed by atoms with van der Waals surface area (Å²) in [6, 6.07) is 17.3. The number of ether oxygens (including phenoxy) is 1. The van der Waals surface area contributed by atoms with Crippen molar-refractivity contribution in [2.24, 2.45) is 5.73 Å². The van der Waals surface area contributed by atoms with Crippen molar-refractivity contribution in [3.63, 3.8) is 0 Å². The molecule has 1 aromatic heterocycles. The number of hydrogen-bond acceptors (Lipinski definition) is 6. The number of hydrogen-bond donors (Lipinski definition) is 2. The highest BCUT2D eigenvalue weighted by atomic mass is 19.4. The van der Waals surface area contributed by atoms with Gasteiger partial charge in [-0.2, -0.15) is 13.2 Å². The molecule has 176 valence electrons. The average Bonchev–Trinajstić information content (AvgIpc) is 3.60. The molecule has 0 saturated heterocycles. The number of nitrogens with one attached hydrogen (secondary N) is 1. The van der Waals surface area contributed by atoms with E-state index in [1.165, 1.54) is 6.20 Å². The van der Waals surface area contributed by atoms with Crippen molar-refractivity contribution in [2.45, 2.75) is 30.8 Å². The fraction of sp³-hybridized carbons (Fsp3) is 0.217. The molecular weight excluding hydrogens is 453 g/mol. The minimum atomic E-state index is -5.40. The minimum absolute atomic E-state index is 0.0560. The maximum Gasteiger partial charge on any atom is 0.491 e. The maximum atomic E-state index is 13.4. The van der Waals surface area contributed by atoms with Crippen LogP contribution in [0.2, 0.25) is 0 Å². The van der Waals surface area contributed by atoms with Crippen LogP contribution in [0.3, 0.4) is 0 Å². The molecule has 1 aliphatic carbocycles. The van der Waals surface area contributed by atoms with Crippen molar-refractivity contribution >= 4 is 17.7 Å². The third kappa shape index (κ3) is 4.49. The molecule has 3 aromatic rings. The number of rotatable bonds is 7. The summed E-state index contributed by atoms with van der Waals surface area (Å²) in [7, 11) is 0. The van der Waals surface area contributed by atoms with Gasteiger partial charge in [-0.15, -0.1) is 0 Å². The molecule has 8 nitrogen and oxygen atoms in total. The lowest BCUT2D eigenvalue weighted by atomic mass is 10.1. The van der Waals surface area contributed by atoms with Crippen LogP contribution in [0.4, 0.5) is 19.0 Å². The first kappa shape index (κ1) is 23.0. The van der Waals surface area contributed by atoms with Gasteiger partial charge in [0.1, 0.15) is 0 Å². The predicted molar refractivity (Wildman–Crippen MR) is 115 cm³/mol. The summed E-state index contributed by atoms with van der Waals surface area (Å²) >= 11 is 0. The van der Waals surface area contributed by atoms with Crippen LogP contribution in [0, 0.1) is 0 Å². The number of carbonyl (C=O) groups excluding carboxylic acids is 2. The molecule has 1 aliphatic rings. The zero-order valence-electron chi connectivity index (χ0n) is 17.6. The number of anilines is 1.